The number of pyridine rings is 1. The quantitative estimate of drug-likeness (QED) is 0.830. The molecule has 0 fully saturated rings. The highest BCUT2D eigenvalue weighted by molar-refractivity contribution is 14.1. The molecule has 1 N–H and O–H groups in total. The minimum atomic E-state index is -0.269. The van der Waals surface area contributed by atoms with Gasteiger partial charge in [-0.15, -0.1) is 0 Å². The summed E-state index contributed by atoms with van der Waals surface area (Å²) in [6, 6.07) is 1.64. The molecule has 0 atom stereocenters. The van der Waals surface area contributed by atoms with Crippen LogP contribution in [0.1, 0.15) is 6.92 Å². The first-order valence-corrected chi connectivity index (χ1v) is 4.37. The standard InChI is InChI=1S/C7H8FIN2/c1-2-10-7-6(8)5(9)3-4-11-7/h3-4H,2H2,1H3,(H,10,11). The average Bonchev–Trinajstić information content (AvgIpc) is 1.99. The van der Waals surface area contributed by atoms with Gasteiger partial charge in [0.2, 0.25) is 0 Å². The third-order valence-electron chi connectivity index (χ3n) is 1.19. The van der Waals surface area contributed by atoms with Crippen LogP contribution >= 0.6 is 22.6 Å². The second kappa shape index (κ2) is 3.85. The first-order chi connectivity index (χ1) is 5.25. The zero-order valence-electron chi connectivity index (χ0n) is 6.06. The fraction of sp³-hybridized carbons (Fsp3) is 0.286. The second-order valence-electron chi connectivity index (χ2n) is 1.99. The van der Waals surface area contributed by atoms with Crippen molar-refractivity contribution in [3.05, 3.63) is 21.7 Å². The number of nitrogens with one attached hydrogen (secondary N) is 1. The van der Waals surface area contributed by atoms with Crippen LogP contribution < -0.4 is 5.32 Å². The third kappa shape index (κ3) is 2.02. The van der Waals surface area contributed by atoms with Crippen LogP contribution in [0.2, 0.25) is 0 Å². The van der Waals surface area contributed by atoms with E-state index in [0.717, 1.165) is 0 Å². The van der Waals surface area contributed by atoms with E-state index in [1.165, 1.54) is 0 Å². The molecule has 0 spiro atoms. The van der Waals surface area contributed by atoms with Gasteiger partial charge in [0.1, 0.15) is 0 Å². The van der Waals surface area contributed by atoms with Crippen molar-refractivity contribution in [1.29, 1.82) is 0 Å². The molecule has 1 rings (SSSR count). The van der Waals surface area contributed by atoms with Crippen LogP contribution in [0, 0.1) is 9.39 Å². The molecule has 4 heteroatoms. The molecule has 11 heavy (non-hydrogen) atoms. The lowest BCUT2D eigenvalue weighted by Crippen LogP contribution is -2.02. The second-order valence-corrected chi connectivity index (χ2v) is 3.15. The number of hydrogen-bond donors (Lipinski definition) is 1. The molecular weight excluding hydrogens is 258 g/mol. The van der Waals surface area contributed by atoms with Crippen LogP contribution in [0.3, 0.4) is 0 Å². The Morgan fingerprint density at radius 2 is 2.45 bits per heavy atom. The summed E-state index contributed by atoms with van der Waals surface area (Å²) in [5.74, 6) is 0.0642. The van der Waals surface area contributed by atoms with E-state index in [2.05, 4.69) is 10.3 Å². The summed E-state index contributed by atoms with van der Waals surface area (Å²) in [5.41, 5.74) is 0. The lowest BCUT2D eigenvalue weighted by molar-refractivity contribution is 0.617. The highest BCUT2D eigenvalue weighted by atomic mass is 127. The van der Waals surface area contributed by atoms with Crippen LogP contribution in [-0.4, -0.2) is 11.5 Å². The zero-order valence-corrected chi connectivity index (χ0v) is 8.22. The molecule has 0 unspecified atom stereocenters. The van der Waals surface area contributed by atoms with E-state index in [0.29, 0.717) is 15.9 Å². The molecular formula is C7H8FIN2. The maximum absolute atomic E-state index is 13.1. The van der Waals surface area contributed by atoms with Crippen molar-refractivity contribution < 1.29 is 4.39 Å². The fourth-order valence-corrected chi connectivity index (χ4v) is 1.13. The summed E-state index contributed by atoms with van der Waals surface area (Å²) in [6.07, 6.45) is 1.59. The number of aromatic nitrogens is 1. The molecule has 0 aromatic carbocycles. The molecule has 0 aliphatic heterocycles. The van der Waals surface area contributed by atoms with Crippen LogP contribution in [-0.2, 0) is 0 Å². The first kappa shape index (κ1) is 8.70. The van der Waals surface area contributed by atoms with Gasteiger partial charge in [-0.2, -0.15) is 0 Å². The van der Waals surface area contributed by atoms with Crippen molar-refractivity contribution in [3.8, 4) is 0 Å². The van der Waals surface area contributed by atoms with Crippen molar-refractivity contribution >= 4 is 28.4 Å². The Balaban J connectivity index is 2.96. The predicted molar refractivity (Wildman–Crippen MR) is 51.1 cm³/mol. The average molecular weight is 266 g/mol. The van der Waals surface area contributed by atoms with Gasteiger partial charge in [0.15, 0.2) is 11.6 Å². The molecule has 0 saturated carbocycles. The van der Waals surface area contributed by atoms with Crippen LogP contribution in [0.25, 0.3) is 0 Å². The summed E-state index contributed by atoms with van der Waals surface area (Å²) in [4.78, 5) is 3.84. The smallest absolute Gasteiger partial charge is 0.178 e. The topological polar surface area (TPSA) is 24.9 Å². The van der Waals surface area contributed by atoms with Gasteiger partial charge in [-0.25, -0.2) is 9.37 Å². The molecule has 60 valence electrons. The molecule has 0 saturated heterocycles. The van der Waals surface area contributed by atoms with Gasteiger partial charge in [-0.3, -0.25) is 0 Å². The Bertz CT molecular complexity index is 252. The Morgan fingerprint density at radius 1 is 1.73 bits per heavy atom. The number of rotatable bonds is 2. The Kier molecular flexibility index (Phi) is 3.04. The Hall–Kier alpha value is -0.390. The van der Waals surface area contributed by atoms with Gasteiger partial charge in [0, 0.05) is 12.7 Å². The molecule has 0 amide bonds. The molecule has 1 aromatic rings. The van der Waals surface area contributed by atoms with Gasteiger partial charge in [0.05, 0.1) is 3.57 Å². The number of anilines is 1. The van der Waals surface area contributed by atoms with Crippen molar-refractivity contribution in [2.24, 2.45) is 0 Å². The molecule has 0 bridgehead atoms. The van der Waals surface area contributed by atoms with Gasteiger partial charge in [-0.1, -0.05) is 0 Å². The van der Waals surface area contributed by atoms with Crippen molar-refractivity contribution in [3.63, 3.8) is 0 Å². The van der Waals surface area contributed by atoms with Crippen molar-refractivity contribution in [2.75, 3.05) is 11.9 Å². The molecule has 2 nitrogen and oxygen atoms in total. The van der Waals surface area contributed by atoms with E-state index in [-0.39, 0.29) is 5.82 Å². The molecule has 1 aromatic heterocycles. The van der Waals surface area contributed by atoms with E-state index in [9.17, 15) is 4.39 Å². The molecule has 0 aliphatic rings. The normalized spacial score (nSPS) is 9.73. The SMILES string of the molecule is CCNc1nccc(I)c1F. The summed E-state index contributed by atoms with van der Waals surface area (Å²) < 4.78 is 13.6. The van der Waals surface area contributed by atoms with Gasteiger partial charge >= 0.3 is 0 Å². The number of halogens is 2. The summed E-state index contributed by atoms with van der Waals surface area (Å²) in [5, 5.41) is 2.83. The maximum Gasteiger partial charge on any atom is 0.178 e. The summed E-state index contributed by atoms with van der Waals surface area (Å²) in [7, 11) is 0. The van der Waals surface area contributed by atoms with Crippen LogP contribution in [0.15, 0.2) is 12.3 Å². The third-order valence-corrected chi connectivity index (χ3v) is 2.02. The number of hydrogen-bond acceptors (Lipinski definition) is 2. The van der Waals surface area contributed by atoms with E-state index in [1.54, 1.807) is 12.3 Å². The number of nitrogens with zero attached hydrogens (tertiary/aromatic N) is 1. The minimum absolute atomic E-state index is 0.269. The summed E-state index contributed by atoms with van der Waals surface area (Å²) in [6.45, 7) is 2.59. The molecule has 1 heterocycles. The maximum atomic E-state index is 13.1. The van der Waals surface area contributed by atoms with Gasteiger partial charge in [0.25, 0.3) is 0 Å². The van der Waals surface area contributed by atoms with E-state index in [1.807, 2.05) is 29.5 Å². The zero-order chi connectivity index (χ0) is 8.27. The lowest BCUT2D eigenvalue weighted by Gasteiger charge is -2.03. The van der Waals surface area contributed by atoms with Crippen LogP contribution in [0.5, 0.6) is 0 Å². The van der Waals surface area contributed by atoms with Gasteiger partial charge in [-0.05, 0) is 35.6 Å². The molecule has 0 radical (unpaired) electrons. The largest absolute Gasteiger partial charge is 0.368 e. The molecule has 0 aliphatic carbocycles. The van der Waals surface area contributed by atoms with Crippen LogP contribution in [0.4, 0.5) is 10.2 Å². The Labute approximate surface area is 78.4 Å². The fourth-order valence-electron chi connectivity index (χ4n) is 0.711. The van der Waals surface area contributed by atoms with Crippen molar-refractivity contribution in [2.45, 2.75) is 6.92 Å². The Morgan fingerprint density at radius 3 is 3.09 bits per heavy atom. The first-order valence-electron chi connectivity index (χ1n) is 3.29. The van der Waals surface area contributed by atoms with E-state index < -0.39 is 0 Å². The lowest BCUT2D eigenvalue weighted by atomic mass is 10.4. The van der Waals surface area contributed by atoms with E-state index in [4.69, 9.17) is 0 Å². The van der Waals surface area contributed by atoms with E-state index >= 15 is 0 Å². The highest BCUT2D eigenvalue weighted by Crippen LogP contribution is 2.15. The highest BCUT2D eigenvalue weighted by Gasteiger charge is 2.04. The predicted octanol–water partition coefficient (Wildman–Crippen LogP) is 2.26. The monoisotopic (exact) mass is 266 g/mol. The minimum Gasteiger partial charge on any atom is -0.368 e. The van der Waals surface area contributed by atoms with Crippen molar-refractivity contribution in [1.82, 2.24) is 4.98 Å². The van der Waals surface area contributed by atoms with Gasteiger partial charge < -0.3 is 5.32 Å². The summed E-state index contributed by atoms with van der Waals surface area (Å²) >= 11 is 1.93.